The van der Waals surface area contributed by atoms with Gasteiger partial charge in [0.1, 0.15) is 22.4 Å². The molecule has 0 fully saturated rings. The zero-order valence-electron chi connectivity index (χ0n) is 18.9. The van der Waals surface area contributed by atoms with E-state index in [0.29, 0.717) is 28.3 Å². The van der Waals surface area contributed by atoms with Crippen LogP contribution in [0.2, 0.25) is 0 Å². The van der Waals surface area contributed by atoms with Crippen molar-refractivity contribution in [3.63, 3.8) is 0 Å². The maximum atomic E-state index is 13.5. The highest BCUT2D eigenvalue weighted by Crippen LogP contribution is 2.36. The van der Waals surface area contributed by atoms with E-state index in [9.17, 15) is 9.59 Å². The molecule has 33 heavy (non-hydrogen) atoms. The van der Waals surface area contributed by atoms with Crippen LogP contribution in [-0.2, 0) is 4.79 Å². The molecule has 0 aliphatic carbocycles. The third-order valence-electron chi connectivity index (χ3n) is 5.43. The Kier molecular flexibility index (Phi) is 6.46. The topological polar surface area (TPSA) is 82.5 Å². The van der Waals surface area contributed by atoms with Crippen molar-refractivity contribution in [1.29, 1.82) is 0 Å². The zero-order valence-corrected chi connectivity index (χ0v) is 19.7. The van der Waals surface area contributed by atoms with Gasteiger partial charge in [-0.15, -0.1) is 11.3 Å². The molecule has 0 aliphatic heterocycles. The minimum atomic E-state index is -0.771. The summed E-state index contributed by atoms with van der Waals surface area (Å²) >= 11 is 1.47. The number of aryl methyl sites for hydroxylation is 1. The molecular formula is C25H25N3O4S. The lowest BCUT2D eigenvalue weighted by atomic mass is 10.0. The molecule has 0 aliphatic rings. The van der Waals surface area contributed by atoms with Crippen LogP contribution < -0.4 is 20.3 Å². The first-order chi connectivity index (χ1) is 15.9. The average Bonchev–Trinajstić information content (AvgIpc) is 3.16. The summed E-state index contributed by atoms with van der Waals surface area (Å²) in [5.74, 6) is 0.984. The van der Waals surface area contributed by atoms with Gasteiger partial charge in [0.25, 0.3) is 5.56 Å². The van der Waals surface area contributed by atoms with Crippen molar-refractivity contribution >= 4 is 33.1 Å². The molecule has 0 spiro atoms. The molecule has 0 bridgehead atoms. The lowest BCUT2D eigenvalue weighted by Crippen LogP contribution is -2.31. The number of amides is 1. The van der Waals surface area contributed by atoms with Gasteiger partial charge >= 0.3 is 0 Å². The molecule has 2 heterocycles. The van der Waals surface area contributed by atoms with E-state index in [-0.39, 0.29) is 11.5 Å². The Labute approximate surface area is 195 Å². The molecule has 4 rings (SSSR count). The quantitative estimate of drug-likeness (QED) is 0.415. The lowest BCUT2D eigenvalue weighted by Gasteiger charge is -2.16. The molecule has 0 saturated carbocycles. The second-order valence-electron chi connectivity index (χ2n) is 7.49. The van der Waals surface area contributed by atoms with Gasteiger partial charge in [-0.2, -0.15) is 0 Å². The average molecular weight is 464 g/mol. The van der Waals surface area contributed by atoms with Gasteiger partial charge in [-0.25, -0.2) is 4.98 Å². The van der Waals surface area contributed by atoms with Crippen molar-refractivity contribution in [3.05, 3.63) is 70.1 Å². The van der Waals surface area contributed by atoms with E-state index >= 15 is 0 Å². The summed E-state index contributed by atoms with van der Waals surface area (Å²) in [6.45, 7) is 6.17. The first-order valence-corrected chi connectivity index (χ1v) is 11.4. The van der Waals surface area contributed by atoms with E-state index in [1.165, 1.54) is 29.3 Å². The molecule has 2 aromatic carbocycles. The highest BCUT2D eigenvalue weighted by Gasteiger charge is 2.22. The molecule has 170 valence electrons. The van der Waals surface area contributed by atoms with Crippen molar-refractivity contribution in [2.75, 3.05) is 19.0 Å². The smallest absolute Gasteiger partial charge is 0.263 e. The monoisotopic (exact) mass is 463 g/mol. The van der Waals surface area contributed by atoms with Crippen molar-refractivity contribution in [3.8, 4) is 22.6 Å². The Morgan fingerprint density at radius 3 is 2.61 bits per heavy atom. The Hall–Kier alpha value is -3.65. The fourth-order valence-corrected chi connectivity index (χ4v) is 4.74. The Morgan fingerprint density at radius 2 is 1.91 bits per heavy atom. The van der Waals surface area contributed by atoms with Gasteiger partial charge in [0.2, 0.25) is 5.91 Å². The maximum Gasteiger partial charge on any atom is 0.263 e. The highest BCUT2D eigenvalue weighted by molar-refractivity contribution is 7.19. The van der Waals surface area contributed by atoms with Gasteiger partial charge in [-0.3, -0.25) is 14.2 Å². The fourth-order valence-electron chi connectivity index (χ4n) is 3.73. The molecule has 1 amide bonds. The number of hydrogen-bond acceptors (Lipinski definition) is 6. The zero-order chi connectivity index (χ0) is 23.5. The Balaban J connectivity index is 1.72. The van der Waals surface area contributed by atoms with E-state index in [1.807, 2.05) is 44.2 Å². The first kappa shape index (κ1) is 22.5. The van der Waals surface area contributed by atoms with Crippen molar-refractivity contribution in [1.82, 2.24) is 9.55 Å². The molecule has 7 nitrogen and oxygen atoms in total. The van der Waals surface area contributed by atoms with Gasteiger partial charge in [0, 0.05) is 10.4 Å². The number of anilines is 1. The Bertz CT molecular complexity index is 1360. The number of thiophene rings is 1. The molecule has 1 N–H and O–H groups in total. The van der Waals surface area contributed by atoms with Gasteiger partial charge in [0.15, 0.2) is 0 Å². The van der Waals surface area contributed by atoms with Crippen LogP contribution in [0.15, 0.2) is 59.7 Å². The normalized spacial score (nSPS) is 11.9. The van der Waals surface area contributed by atoms with Crippen LogP contribution in [0.3, 0.4) is 0 Å². The summed E-state index contributed by atoms with van der Waals surface area (Å²) in [4.78, 5) is 32.6. The first-order valence-electron chi connectivity index (χ1n) is 10.6. The van der Waals surface area contributed by atoms with E-state index in [2.05, 4.69) is 10.3 Å². The van der Waals surface area contributed by atoms with Gasteiger partial charge in [0.05, 0.1) is 31.1 Å². The second-order valence-corrected chi connectivity index (χ2v) is 8.70. The minimum Gasteiger partial charge on any atom is -0.495 e. The van der Waals surface area contributed by atoms with E-state index < -0.39 is 6.04 Å². The number of ether oxygens (including phenoxy) is 2. The number of hydrogen-bond donors (Lipinski definition) is 1. The predicted molar refractivity (Wildman–Crippen MR) is 132 cm³/mol. The van der Waals surface area contributed by atoms with E-state index in [1.54, 1.807) is 25.1 Å². The van der Waals surface area contributed by atoms with E-state index in [4.69, 9.17) is 9.47 Å². The molecule has 1 atom stereocenters. The standard InChI is InChI=1S/C25H25N3O4S/c1-5-32-18-12-10-17(11-13-18)21-16(3)33-24-22(21)25(30)28(14-26-24)15(2)23(29)27-19-8-6-7-9-20(19)31-4/h6-15H,5H2,1-4H3,(H,27,29). The number of carbonyl (C=O) groups is 1. The third-order valence-corrected chi connectivity index (χ3v) is 6.44. The molecule has 0 saturated heterocycles. The number of methoxy groups -OCH3 is 1. The molecule has 1 unspecified atom stereocenters. The van der Waals surface area contributed by atoms with Crippen LogP contribution in [0, 0.1) is 6.92 Å². The molecule has 0 radical (unpaired) electrons. The summed E-state index contributed by atoms with van der Waals surface area (Å²) in [6, 6.07) is 14.0. The van der Waals surface area contributed by atoms with Crippen LogP contribution >= 0.6 is 11.3 Å². The molecule has 8 heteroatoms. The second kappa shape index (κ2) is 9.46. The lowest BCUT2D eigenvalue weighted by molar-refractivity contribution is -0.118. The van der Waals surface area contributed by atoms with Gasteiger partial charge in [-0.05, 0) is 50.6 Å². The number of nitrogens with one attached hydrogen (secondary N) is 1. The summed E-state index contributed by atoms with van der Waals surface area (Å²) in [5.41, 5.74) is 2.03. The largest absolute Gasteiger partial charge is 0.495 e. The summed E-state index contributed by atoms with van der Waals surface area (Å²) in [6.07, 6.45) is 1.44. The molecule has 2 aromatic heterocycles. The number of para-hydroxylation sites is 2. The number of benzene rings is 2. The fraction of sp³-hybridized carbons (Fsp3) is 0.240. The van der Waals surface area contributed by atoms with Crippen molar-refractivity contribution in [2.24, 2.45) is 0 Å². The Morgan fingerprint density at radius 1 is 1.18 bits per heavy atom. The molecular weight excluding hydrogens is 438 g/mol. The van der Waals surface area contributed by atoms with Crippen LogP contribution in [0.4, 0.5) is 5.69 Å². The SMILES string of the molecule is CCOc1ccc(-c2c(C)sc3ncn(C(C)C(=O)Nc4ccccc4OC)c(=O)c23)cc1. The summed E-state index contributed by atoms with van der Waals surface area (Å²) in [7, 11) is 1.54. The van der Waals surface area contributed by atoms with Crippen molar-refractivity contribution in [2.45, 2.75) is 26.8 Å². The van der Waals surface area contributed by atoms with Gasteiger partial charge in [-0.1, -0.05) is 24.3 Å². The number of carbonyl (C=O) groups excluding carboxylic acids is 1. The van der Waals surface area contributed by atoms with Crippen LogP contribution in [0.25, 0.3) is 21.3 Å². The number of fused-ring (bicyclic) bond motifs is 1. The number of nitrogens with zero attached hydrogens (tertiary/aromatic N) is 2. The predicted octanol–water partition coefficient (Wildman–Crippen LogP) is 5.04. The number of aromatic nitrogens is 2. The number of rotatable bonds is 7. The minimum absolute atomic E-state index is 0.254. The summed E-state index contributed by atoms with van der Waals surface area (Å²) in [5, 5.41) is 3.36. The van der Waals surface area contributed by atoms with Crippen LogP contribution in [-0.4, -0.2) is 29.2 Å². The maximum absolute atomic E-state index is 13.5. The van der Waals surface area contributed by atoms with Crippen LogP contribution in [0.1, 0.15) is 24.8 Å². The highest BCUT2D eigenvalue weighted by atomic mass is 32.1. The van der Waals surface area contributed by atoms with E-state index in [0.717, 1.165) is 21.8 Å². The van der Waals surface area contributed by atoms with Gasteiger partial charge < -0.3 is 14.8 Å². The molecule has 4 aromatic rings. The summed E-state index contributed by atoms with van der Waals surface area (Å²) < 4.78 is 12.2. The third kappa shape index (κ3) is 4.34. The van der Waals surface area contributed by atoms with Crippen molar-refractivity contribution < 1.29 is 14.3 Å². The van der Waals surface area contributed by atoms with Crippen LogP contribution in [0.5, 0.6) is 11.5 Å².